The van der Waals surface area contributed by atoms with Crippen LogP contribution in [0.2, 0.25) is 0 Å². The van der Waals surface area contributed by atoms with Gasteiger partial charge in [-0.15, -0.1) is 24.8 Å². The highest BCUT2D eigenvalue weighted by Gasteiger charge is 2.11. The lowest BCUT2D eigenvalue weighted by atomic mass is 10.0. The molecule has 0 aliphatic heterocycles. The standard InChI is InChI=1S/C17H22N2O.2ClH/c1-13-11-15(12-19(2)3)17(20)16(18-13)10-9-14-7-5-4-6-8-14;;/h4-8,11,20H,9-10,12H2,1-3H3;2*1H. The van der Waals surface area contributed by atoms with Crippen LogP contribution in [0.15, 0.2) is 36.4 Å². The third kappa shape index (κ3) is 5.84. The summed E-state index contributed by atoms with van der Waals surface area (Å²) in [4.78, 5) is 6.54. The smallest absolute Gasteiger partial charge is 0.141 e. The quantitative estimate of drug-likeness (QED) is 0.897. The highest BCUT2D eigenvalue weighted by atomic mass is 35.5. The predicted octanol–water partition coefficient (Wildman–Crippen LogP) is 3.79. The molecule has 0 saturated heterocycles. The van der Waals surface area contributed by atoms with Gasteiger partial charge in [0, 0.05) is 17.8 Å². The summed E-state index contributed by atoms with van der Waals surface area (Å²) in [5, 5.41) is 10.4. The van der Waals surface area contributed by atoms with Crippen molar-refractivity contribution < 1.29 is 5.11 Å². The van der Waals surface area contributed by atoms with Gasteiger partial charge in [0.2, 0.25) is 0 Å². The number of nitrogens with zero attached hydrogens (tertiary/aromatic N) is 2. The number of aromatic nitrogens is 1. The first-order chi connectivity index (χ1) is 9.56. The van der Waals surface area contributed by atoms with Crippen molar-refractivity contribution in [3.8, 4) is 5.75 Å². The Hall–Kier alpha value is -1.29. The van der Waals surface area contributed by atoms with Crippen LogP contribution >= 0.6 is 24.8 Å². The second-order valence-electron chi connectivity index (χ2n) is 5.44. The zero-order chi connectivity index (χ0) is 14.5. The van der Waals surface area contributed by atoms with E-state index in [1.54, 1.807) is 0 Å². The minimum Gasteiger partial charge on any atom is -0.506 e. The molecule has 0 radical (unpaired) electrons. The van der Waals surface area contributed by atoms with Crippen molar-refractivity contribution in [3.05, 3.63) is 58.9 Å². The van der Waals surface area contributed by atoms with Gasteiger partial charge in [-0.3, -0.25) is 4.98 Å². The molecule has 3 nitrogen and oxygen atoms in total. The number of rotatable bonds is 5. The van der Waals surface area contributed by atoms with E-state index in [2.05, 4.69) is 22.0 Å². The van der Waals surface area contributed by atoms with Crippen molar-refractivity contribution in [3.63, 3.8) is 0 Å². The maximum atomic E-state index is 10.4. The fourth-order valence-corrected chi connectivity index (χ4v) is 2.35. The van der Waals surface area contributed by atoms with Crippen molar-refractivity contribution in [1.82, 2.24) is 9.88 Å². The number of pyridine rings is 1. The summed E-state index contributed by atoms with van der Waals surface area (Å²) in [5.41, 5.74) is 3.98. The van der Waals surface area contributed by atoms with Crippen LogP contribution in [0, 0.1) is 6.92 Å². The summed E-state index contributed by atoms with van der Waals surface area (Å²) in [6.45, 7) is 2.71. The number of halogens is 2. The molecule has 2 rings (SSSR count). The maximum absolute atomic E-state index is 10.4. The second-order valence-corrected chi connectivity index (χ2v) is 5.44. The molecule has 2 aromatic rings. The van der Waals surface area contributed by atoms with E-state index in [1.165, 1.54) is 5.56 Å². The zero-order valence-corrected chi connectivity index (χ0v) is 14.9. The molecule has 1 aromatic heterocycles. The van der Waals surface area contributed by atoms with Crippen LogP contribution in [0.3, 0.4) is 0 Å². The summed E-state index contributed by atoms with van der Waals surface area (Å²) >= 11 is 0. The predicted molar refractivity (Wildman–Crippen MR) is 96.4 cm³/mol. The average Bonchev–Trinajstić information content (AvgIpc) is 2.41. The van der Waals surface area contributed by atoms with Crippen molar-refractivity contribution in [2.24, 2.45) is 0 Å². The average molecular weight is 343 g/mol. The van der Waals surface area contributed by atoms with Crippen LogP contribution in [0.1, 0.15) is 22.5 Å². The summed E-state index contributed by atoms with van der Waals surface area (Å²) in [5.74, 6) is 0.347. The minimum atomic E-state index is 0. The summed E-state index contributed by atoms with van der Waals surface area (Å²) in [6.07, 6.45) is 1.66. The largest absolute Gasteiger partial charge is 0.506 e. The molecular formula is C17H24Cl2N2O. The van der Waals surface area contributed by atoms with E-state index in [1.807, 2.05) is 45.3 Å². The molecule has 0 atom stereocenters. The summed E-state index contributed by atoms with van der Waals surface area (Å²) < 4.78 is 0. The third-order valence-electron chi connectivity index (χ3n) is 3.25. The monoisotopic (exact) mass is 342 g/mol. The SMILES string of the molecule is Cc1cc(CN(C)C)c(O)c(CCc2ccccc2)n1.Cl.Cl. The summed E-state index contributed by atoms with van der Waals surface area (Å²) in [6, 6.07) is 12.3. The molecule has 0 saturated carbocycles. The van der Waals surface area contributed by atoms with Crippen LogP contribution in [-0.4, -0.2) is 29.1 Å². The van der Waals surface area contributed by atoms with E-state index < -0.39 is 0 Å². The van der Waals surface area contributed by atoms with E-state index >= 15 is 0 Å². The molecular weight excluding hydrogens is 319 g/mol. The Kier molecular flexibility index (Phi) is 9.10. The van der Waals surface area contributed by atoms with E-state index in [9.17, 15) is 5.11 Å². The highest BCUT2D eigenvalue weighted by molar-refractivity contribution is 5.85. The van der Waals surface area contributed by atoms with Gasteiger partial charge in [0.15, 0.2) is 0 Å². The lowest BCUT2D eigenvalue weighted by molar-refractivity contribution is 0.382. The second kappa shape index (κ2) is 9.67. The first kappa shape index (κ1) is 20.7. The fraction of sp³-hybridized carbons (Fsp3) is 0.353. The normalized spacial score (nSPS) is 10.0. The van der Waals surface area contributed by atoms with Crippen molar-refractivity contribution in [2.45, 2.75) is 26.3 Å². The van der Waals surface area contributed by atoms with Crippen molar-refractivity contribution in [2.75, 3.05) is 14.1 Å². The number of hydrogen-bond donors (Lipinski definition) is 1. The molecule has 0 aliphatic rings. The fourth-order valence-electron chi connectivity index (χ4n) is 2.35. The lowest BCUT2D eigenvalue weighted by Gasteiger charge is -2.14. The van der Waals surface area contributed by atoms with Crippen LogP contribution < -0.4 is 0 Å². The van der Waals surface area contributed by atoms with Gasteiger partial charge in [-0.25, -0.2) is 0 Å². The number of aromatic hydroxyl groups is 1. The first-order valence-corrected chi connectivity index (χ1v) is 6.93. The molecule has 0 aliphatic carbocycles. The lowest BCUT2D eigenvalue weighted by Crippen LogP contribution is -2.12. The van der Waals surface area contributed by atoms with Gasteiger partial charge in [-0.2, -0.15) is 0 Å². The van der Waals surface area contributed by atoms with Gasteiger partial charge < -0.3 is 10.0 Å². The van der Waals surface area contributed by atoms with Gasteiger partial charge in [0.05, 0.1) is 5.69 Å². The molecule has 0 bridgehead atoms. The molecule has 1 heterocycles. The number of hydrogen-bond acceptors (Lipinski definition) is 3. The van der Waals surface area contributed by atoms with Gasteiger partial charge >= 0.3 is 0 Å². The van der Waals surface area contributed by atoms with Crippen molar-refractivity contribution >= 4 is 24.8 Å². The zero-order valence-electron chi connectivity index (χ0n) is 13.2. The minimum absolute atomic E-state index is 0. The maximum Gasteiger partial charge on any atom is 0.141 e. The molecule has 1 aromatic carbocycles. The Morgan fingerprint density at radius 2 is 1.68 bits per heavy atom. The van der Waals surface area contributed by atoms with E-state index in [0.717, 1.165) is 36.3 Å². The Morgan fingerprint density at radius 3 is 2.27 bits per heavy atom. The van der Waals surface area contributed by atoms with Crippen LogP contribution in [-0.2, 0) is 19.4 Å². The first-order valence-electron chi connectivity index (χ1n) is 6.93. The number of benzene rings is 1. The van der Waals surface area contributed by atoms with Gasteiger partial charge in [-0.1, -0.05) is 30.3 Å². The molecule has 0 amide bonds. The van der Waals surface area contributed by atoms with Crippen LogP contribution in [0.4, 0.5) is 0 Å². The molecule has 22 heavy (non-hydrogen) atoms. The highest BCUT2D eigenvalue weighted by Crippen LogP contribution is 2.24. The van der Waals surface area contributed by atoms with Crippen molar-refractivity contribution in [1.29, 1.82) is 0 Å². The molecule has 122 valence electrons. The third-order valence-corrected chi connectivity index (χ3v) is 3.25. The van der Waals surface area contributed by atoms with E-state index in [-0.39, 0.29) is 24.8 Å². The van der Waals surface area contributed by atoms with Crippen LogP contribution in [0.5, 0.6) is 5.75 Å². The molecule has 5 heteroatoms. The number of aryl methyl sites for hydroxylation is 3. The Bertz CT molecular complexity index is 574. The Labute approximate surface area is 145 Å². The Morgan fingerprint density at radius 1 is 1.05 bits per heavy atom. The van der Waals surface area contributed by atoms with E-state index in [0.29, 0.717) is 5.75 Å². The van der Waals surface area contributed by atoms with Gasteiger partial charge in [-0.05, 0) is 45.5 Å². The van der Waals surface area contributed by atoms with Gasteiger partial charge in [0.1, 0.15) is 5.75 Å². The van der Waals surface area contributed by atoms with Gasteiger partial charge in [0.25, 0.3) is 0 Å². The van der Waals surface area contributed by atoms with Crippen LogP contribution in [0.25, 0.3) is 0 Å². The van der Waals surface area contributed by atoms with E-state index in [4.69, 9.17) is 0 Å². The molecule has 0 spiro atoms. The topological polar surface area (TPSA) is 36.4 Å². The Balaban J connectivity index is 0.00000220. The summed E-state index contributed by atoms with van der Waals surface area (Å²) in [7, 11) is 4.00. The molecule has 1 N–H and O–H groups in total. The molecule has 0 fully saturated rings. The molecule has 0 unspecified atom stereocenters.